The molecule has 0 saturated heterocycles. The zero-order valence-corrected chi connectivity index (χ0v) is 17.3. The number of ether oxygens (including phenoxy) is 1. The molecule has 1 unspecified atom stereocenters. The molecule has 2 aliphatic heterocycles. The van der Waals surface area contributed by atoms with Crippen LogP contribution in [-0.4, -0.2) is 42.8 Å². The number of ketones is 1. The van der Waals surface area contributed by atoms with E-state index in [4.69, 9.17) is 10.5 Å². The van der Waals surface area contributed by atoms with Crippen molar-refractivity contribution in [2.75, 3.05) is 19.8 Å². The highest BCUT2D eigenvalue weighted by Crippen LogP contribution is 2.42. The summed E-state index contributed by atoms with van der Waals surface area (Å²) in [7, 11) is 0. The Morgan fingerprint density at radius 1 is 1.34 bits per heavy atom. The number of hydrogen-bond donors (Lipinski definition) is 1. The summed E-state index contributed by atoms with van der Waals surface area (Å²) in [4.78, 5) is 21.5. The quantitative estimate of drug-likeness (QED) is 0.818. The summed E-state index contributed by atoms with van der Waals surface area (Å²) in [6.07, 6.45) is 0.861. The van der Waals surface area contributed by atoms with Gasteiger partial charge in [0, 0.05) is 23.3 Å². The summed E-state index contributed by atoms with van der Waals surface area (Å²) in [6, 6.07) is 4.31. The van der Waals surface area contributed by atoms with Crippen LogP contribution in [0.4, 0.5) is 8.78 Å². The lowest BCUT2D eigenvalue weighted by atomic mass is 9.78. The van der Waals surface area contributed by atoms with Gasteiger partial charge in [0.2, 0.25) is 0 Å². The number of alkyl halides is 1. The highest BCUT2D eigenvalue weighted by molar-refractivity contribution is 6.11. The molecular formula is C22H27F2N3O2. The molecular weight excluding hydrogens is 376 g/mol. The Kier molecular flexibility index (Phi) is 5.72. The summed E-state index contributed by atoms with van der Waals surface area (Å²) in [5.74, 6) is -0.558. The summed E-state index contributed by atoms with van der Waals surface area (Å²) in [5, 5.41) is 0. The van der Waals surface area contributed by atoms with Gasteiger partial charge < -0.3 is 10.5 Å². The predicted molar refractivity (Wildman–Crippen MR) is 110 cm³/mol. The molecule has 2 aliphatic rings. The first kappa shape index (κ1) is 21.3. The van der Waals surface area contributed by atoms with Gasteiger partial charge in [-0.1, -0.05) is 13.0 Å². The third-order valence-electron chi connectivity index (χ3n) is 5.91. The number of rotatable bonds is 5. The number of benzene rings is 1. The van der Waals surface area contributed by atoms with Crippen molar-refractivity contribution in [2.24, 2.45) is 15.7 Å². The topological polar surface area (TPSA) is 77.0 Å². The van der Waals surface area contributed by atoms with Gasteiger partial charge in [-0.05, 0) is 50.5 Å². The number of nitrogens with two attached hydrogens (primary N) is 1. The number of Topliss-reactive ketones (excluding diaryl/α,β-unsaturated/α-hetero) is 1. The molecule has 1 aromatic carbocycles. The van der Waals surface area contributed by atoms with Crippen LogP contribution in [0.1, 0.15) is 45.2 Å². The molecule has 3 rings (SSSR count). The van der Waals surface area contributed by atoms with Gasteiger partial charge in [0.05, 0.1) is 13.2 Å². The van der Waals surface area contributed by atoms with Crippen LogP contribution < -0.4 is 5.73 Å². The maximum absolute atomic E-state index is 15.4. The Labute approximate surface area is 169 Å². The van der Waals surface area contributed by atoms with Crippen molar-refractivity contribution in [1.29, 1.82) is 0 Å². The summed E-state index contributed by atoms with van der Waals surface area (Å²) < 4.78 is 35.5. The van der Waals surface area contributed by atoms with Crippen LogP contribution >= 0.6 is 0 Å². The normalized spacial score (nSPS) is 27.5. The summed E-state index contributed by atoms with van der Waals surface area (Å²) >= 11 is 0. The average molecular weight is 403 g/mol. The van der Waals surface area contributed by atoms with Crippen molar-refractivity contribution < 1.29 is 18.3 Å². The van der Waals surface area contributed by atoms with Crippen LogP contribution in [0.3, 0.4) is 0 Å². The van der Waals surface area contributed by atoms with E-state index in [1.807, 2.05) is 13.8 Å². The lowest BCUT2D eigenvalue weighted by Crippen LogP contribution is -2.46. The highest BCUT2D eigenvalue weighted by atomic mass is 19.1. The zero-order chi connectivity index (χ0) is 21.4. The van der Waals surface area contributed by atoms with Crippen molar-refractivity contribution >= 4 is 17.3 Å². The van der Waals surface area contributed by atoms with E-state index in [2.05, 4.69) is 9.98 Å². The van der Waals surface area contributed by atoms with Crippen LogP contribution in [0, 0.1) is 5.82 Å². The van der Waals surface area contributed by atoms with Gasteiger partial charge in [0.25, 0.3) is 0 Å². The Hall–Kier alpha value is -2.41. The Balaban J connectivity index is 1.96. The zero-order valence-electron chi connectivity index (χ0n) is 17.3. The van der Waals surface area contributed by atoms with Crippen molar-refractivity contribution in [3.8, 4) is 0 Å². The van der Waals surface area contributed by atoms with E-state index >= 15 is 4.39 Å². The molecule has 0 saturated carbocycles. The molecule has 0 fully saturated rings. The summed E-state index contributed by atoms with van der Waals surface area (Å²) in [6.45, 7) is 6.82. The van der Waals surface area contributed by atoms with Crippen LogP contribution in [-0.2, 0) is 21.5 Å². The van der Waals surface area contributed by atoms with Gasteiger partial charge in [-0.15, -0.1) is 0 Å². The number of nitrogens with zero attached hydrogens (tertiary/aromatic N) is 2. The molecule has 0 spiro atoms. The fourth-order valence-corrected chi connectivity index (χ4v) is 3.87. The lowest BCUT2D eigenvalue weighted by molar-refractivity contribution is -0.115. The SMILES string of the molecule is CCC1=NCC(C(=O)Cc2ccc(F)c([C@@]3(C)N=C(N)COCC3(C)F)c2)=C1C. The van der Waals surface area contributed by atoms with Crippen LogP contribution in [0.25, 0.3) is 0 Å². The first-order valence-electron chi connectivity index (χ1n) is 9.75. The van der Waals surface area contributed by atoms with Crippen molar-refractivity contribution in [1.82, 2.24) is 0 Å². The van der Waals surface area contributed by atoms with Crippen LogP contribution in [0.5, 0.6) is 0 Å². The van der Waals surface area contributed by atoms with Gasteiger partial charge in [-0.25, -0.2) is 8.78 Å². The largest absolute Gasteiger partial charge is 0.386 e. The second kappa shape index (κ2) is 7.78. The minimum atomic E-state index is -1.98. The fourth-order valence-electron chi connectivity index (χ4n) is 3.87. The first-order valence-corrected chi connectivity index (χ1v) is 9.75. The molecule has 5 nitrogen and oxygen atoms in total. The molecule has 29 heavy (non-hydrogen) atoms. The monoisotopic (exact) mass is 403 g/mol. The molecule has 0 bridgehead atoms. The number of hydrogen-bond acceptors (Lipinski definition) is 5. The van der Waals surface area contributed by atoms with Crippen molar-refractivity contribution in [3.63, 3.8) is 0 Å². The summed E-state index contributed by atoms with van der Waals surface area (Å²) in [5.41, 5.74) is 5.46. The fraction of sp³-hybridized carbons (Fsp3) is 0.500. The number of carbonyl (C=O) groups is 1. The molecule has 1 aromatic rings. The number of aliphatic imine (C=N–C) groups is 2. The van der Waals surface area contributed by atoms with Gasteiger partial charge in [-0.3, -0.25) is 14.8 Å². The molecule has 2 atom stereocenters. The highest BCUT2D eigenvalue weighted by Gasteiger charge is 2.50. The van der Waals surface area contributed by atoms with E-state index in [0.717, 1.165) is 17.7 Å². The smallest absolute Gasteiger partial charge is 0.165 e. The molecule has 2 heterocycles. The molecule has 7 heteroatoms. The Morgan fingerprint density at radius 3 is 2.72 bits per heavy atom. The molecule has 2 N–H and O–H groups in total. The van der Waals surface area contributed by atoms with Gasteiger partial charge >= 0.3 is 0 Å². The lowest BCUT2D eigenvalue weighted by Gasteiger charge is -2.36. The van der Waals surface area contributed by atoms with Crippen molar-refractivity contribution in [3.05, 3.63) is 46.3 Å². The number of halogens is 2. The van der Waals surface area contributed by atoms with E-state index < -0.39 is 17.0 Å². The minimum Gasteiger partial charge on any atom is -0.386 e. The van der Waals surface area contributed by atoms with E-state index in [9.17, 15) is 9.18 Å². The third-order valence-corrected chi connectivity index (χ3v) is 5.91. The van der Waals surface area contributed by atoms with Gasteiger partial charge in [0.15, 0.2) is 11.5 Å². The second-order valence-corrected chi connectivity index (χ2v) is 8.00. The molecule has 0 radical (unpaired) electrons. The van der Waals surface area contributed by atoms with Crippen LogP contribution in [0.2, 0.25) is 0 Å². The van der Waals surface area contributed by atoms with E-state index in [-0.39, 0.29) is 36.8 Å². The maximum Gasteiger partial charge on any atom is 0.165 e. The van der Waals surface area contributed by atoms with Gasteiger partial charge in [0.1, 0.15) is 23.8 Å². The van der Waals surface area contributed by atoms with E-state index in [0.29, 0.717) is 17.7 Å². The van der Waals surface area contributed by atoms with E-state index in [1.165, 1.54) is 26.0 Å². The number of allylic oxidation sites excluding steroid dienone is 1. The standard InChI is InChI=1S/C22H27F2N3O2/c1-5-18-13(2)15(10-26-18)19(28)9-14-6-7-17(23)16(8-14)22(4)21(3,24)12-29-11-20(25)27-22/h6-8H,5,9-12H2,1-4H3,(H2,25,27)/t21?,22-/m1/s1. The number of carbonyl (C=O) groups excluding carboxylic acids is 1. The van der Waals surface area contributed by atoms with Crippen LogP contribution in [0.15, 0.2) is 39.3 Å². The minimum absolute atomic E-state index is 0.0118. The molecule has 0 aromatic heterocycles. The van der Waals surface area contributed by atoms with E-state index in [1.54, 1.807) is 6.07 Å². The molecule has 156 valence electrons. The Morgan fingerprint density at radius 2 is 2.07 bits per heavy atom. The van der Waals surface area contributed by atoms with Crippen molar-refractivity contribution in [2.45, 2.75) is 51.7 Å². The Bertz CT molecular complexity index is 934. The number of amidine groups is 1. The van der Waals surface area contributed by atoms with Gasteiger partial charge in [-0.2, -0.15) is 0 Å². The second-order valence-electron chi connectivity index (χ2n) is 8.00. The molecule has 0 aliphatic carbocycles. The average Bonchev–Trinajstić information content (AvgIpc) is 2.98. The molecule has 0 amide bonds. The predicted octanol–water partition coefficient (Wildman–Crippen LogP) is 3.45. The first-order chi connectivity index (χ1) is 13.6. The third kappa shape index (κ3) is 3.88. The maximum atomic E-state index is 15.4.